The van der Waals surface area contributed by atoms with Crippen molar-refractivity contribution in [1.29, 1.82) is 0 Å². The third kappa shape index (κ3) is 5.71. The average Bonchev–Trinajstić information content (AvgIpc) is 2.72. The van der Waals surface area contributed by atoms with Crippen LogP contribution in [0.1, 0.15) is 32.6 Å². The van der Waals surface area contributed by atoms with Crippen LogP contribution in [0.15, 0.2) is 30.3 Å². The van der Waals surface area contributed by atoms with Gasteiger partial charge in [-0.25, -0.2) is 0 Å². The quantitative estimate of drug-likeness (QED) is 0.784. The summed E-state index contributed by atoms with van der Waals surface area (Å²) in [5.41, 5.74) is 1.31. The molecule has 1 aromatic rings. The van der Waals surface area contributed by atoms with Gasteiger partial charge in [0, 0.05) is 50.9 Å². The van der Waals surface area contributed by atoms with Crippen LogP contribution in [0.3, 0.4) is 0 Å². The molecule has 0 radical (unpaired) electrons. The molecule has 1 unspecified atom stereocenters. The number of hydrogen-bond donors (Lipinski definition) is 2. The molecule has 144 valence electrons. The molecule has 1 atom stereocenters. The first-order valence-electron chi connectivity index (χ1n) is 10.2. The highest BCUT2D eigenvalue weighted by Gasteiger charge is 2.21. The van der Waals surface area contributed by atoms with Gasteiger partial charge >= 0.3 is 0 Å². The van der Waals surface area contributed by atoms with Crippen molar-refractivity contribution < 1.29 is 4.79 Å². The number of nitrogens with one attached hydrogen (secondary N) is 2. The van der Waals surface area contributed by atoms with Gasteiger partial charge in [0.2, 0.25) is 5.91 Å². The van der Waals surface area contributed by atoms with Crippen molar-refractivity contribution in [2.24, 2.45) is 5.92 Å². The Labute approximate surface area is 158 Å². The standard InChI is InChI=1S/C21H34N4O/c1-18(17-23-21(26)8-7-19-9-11-22-12-10-19)24-13-15-25(16-14-24)20-5-3-2-4-6-20/h2-6,18-19,22H,7-17H2,1H3,(H,23,26). The van der Waals surface area contributed by atoms with Gasteiger partial charge < -0.3 is 15.5 Å². The van der Waals surface area contributed by atoms with Gasteiger partial charge in [0.1, 0.15) is 0 Å². The van der Waals surface area contributed by atoms with Crippen LogP contribution in [0.25, 0.3) is 0 Å². The molecule has 0 aliphatic carbocycles. The second-order valence-corrected chi connectivity index (χ2v) is 7.74. The molecule has 5 heteroatoms. The summed E-state index contributed by atoms with van der Waals surface area (Å²) in [5.74, 6) is 0.948. The fraction of sp³-hybridized carbons (Fsp3) is 0.667. The molecule has 3 rings (SSSR count). The minimum Gasteiger partial charge on any atom is -0.369 e. The van der Waals surface area contributed by atoms with E-state index in [-0.39, 0.29) is 5.91 Å². The molecule has 2 aliphatic rings. The number of anilines is 1. The number of amides is 1. The van der Waals surface area contributed by atoms with Crippen molar-refractivity contribution in [2.45, 2.75) is 38.6 Å². The van der Waals surface area contributed by atoms with Crippen molar-refractivity contribution in [2.75, 3.05) is 50.7 Å². The first kappa shape index (κ1) is 19.2. The largest absolute Gasteiger partial charge is 0.369 e. The van der Waals surface area contributed by atoms with E-state index in [0.29, 0.717) is 12.5 Å². The molecule has 5 nitrogen and oxygen atoms in total. The number of benzene rings is 1. The second kappa shape index (κ2) is 9.93. The molecule has 2 aliphatic heterocycles. The normalized spacial score (nSPS) is 20.7. The van der Waals surface area contributed by atoms with Crippen molar-refractivity contribution >= 4 is 11.6 Å². The summed E-state index contributed by atoms with van der Waals surface area (Å²) in [5, 5.41) is 6.54. The predicted molar refractivity (Wildman–Crippen MR) is 108 cm³/mol. The maximum Gasteiger partial charge on any atom is 0.220 e. The van der Waals surface area contributed by atoms with Crippen LogP contribution in [0.4, 0.5) is 5.69 Å². The SMILES string of the molecule is CC(CNC(=O)CCC1CCNCC1)N1CCN(c2ccccc2)CC1. The maximum absolute atomic E-state index is 12.2. The van der Waals surface area contributed by atoms with Crippen LogP contribution in [0.2, 0.25) is 0 Å². The summed E-state index contributed by atoms with van der Waals surface area (Å²) in [6, 6.07) is 11.0. The van der Waals surface area contributed by atoms with E-state index in [0.717, 1.165) is 58.2 Å². The van der Waals surface area contributed by atoms with Crippen LogP contribution in [0, 0.1) is 5.92 Å². The predicted octanol–water partition coefficient (Wildman–Crippen LogP) is 2.09. The Hall–Kier alpha value is -1.59. The lowest BCUT2D eigenvalue weighted by Gasteiger charge is -2.39. The molecule has 0 spiro atoms. The second-order valence-electron chi connectivity index (χ2n) is 7.74. The van der Waals surface area contributed by atoms with Crippen LogP contribution in [0.5, 0.6) is 0 Å². The number of hydrogen-bond acceptors (Lipinski definition) is 4. The Balaban J connectivity index is 1.32. The minimum atomic E-state index is 0.221. The van der Waals surface area contributed by atoms with Crippen LogP contribution < -0.4 is 15.5 Å². The summed E-state index contributed by atoms with van der Waals surface area (Å²) in [6.45, 7) is 9.43. The smallest absolute Gasteiger partial charge is 0.220 e. The van der Waals surface area contributed by atoms with Crippen molar-refractivity contribution in [3.63, 3.8) is 0 Å². The topological polar surface area (TPSA) is 47.6 Å². The fourth-order valence-electron chi connectivity index (χ4n) is 4.04. The third-order valence-corrected chi connectivity index (χ3v) is 5.89. The molecular weight excluding hydrogens is 324 g/mol. The summed E-state index contributed by atoms with van der Waals surface area (Å²) in [6.07, 6.45) is 4.15. The fourth-order valence-corrected chi connectivity index (χ4v) is 4.04. The van der Waals surface area contributed by atoms with Gasteiger partial charge in [-0.2, -0.15) is 0 Å². The Morgan fingerprint density at radius 1 is 1.15 bits per heavy atom. The van der Waals surface area contributed by atoms with E-state index in [4.69, 9.17) is 0 Å². The number of piperazine rings is 1. The van der Waals surface area contributed by atoms with E-state index >= 15 is 0 Å². The van der Waals surface area contributed by atoms with Crippen LogP contribution in [-0.4, -0.2) is 62.7 Å². The average molecular weight is 359 g/mol. The third-order valence-electron chi connectivity index (χ3n) is 5.89. The maximum atomic E-state index is 12.2. The van der Waals surface area contributed by atoms with E-state index < -0.39 is 0 Å². The molecule has 2 heterocycles. The van der Waals surface area contributed by atoms with E-state index in [1.165, 1.54) is 18.5 Å². The molecule has 2 fully saturated rings. The zero-order valence-corrected chi connectivity index (χ0v) is 16.1. The lowest BCUT2D eigenvalue weighted by molar-refractivity contribution is -0.121. The lowest BCUT2D eigenvalue weighted by Crippen LogP contribution is -2.52. The molecule has 1 aromatic carbocycles. The molecule has 26 heavy (non-hydrogen) atoms. The van der Waals surface area contributed by atoms with Gasteiger partial charge in [-0.15, -0.1) is 0 Å². The number of rotatable bonds is 7. The molecular formula is C21H34N4O. The van der Waals surface area contributed by atoms with Gasteiger partial charge in [0.05, 0.1) is 0 Å². The summed E-state index contributed by atoms with van der Waals surface area (Å²) in [4.78, 5) is 17.1. The van der Waals surface area contributed by atoms with Crippen LogP contribution in [-0.2, 0) is 4.79 Å². The number of piperidine rings is 1. The van der Waals surface area contributed by atoms with Gasteiger partial charge in [0.25, 0.3) is 0 Å². The number of para-hydroxylation sites is 1. The Bertz CT molecular complexity index is 536. The van der Waals surface area contributed by atoms with Crippen LogP contribution >= 0.6 is 0 Å². The Kier molecular flexibility index (Phi) is 7.32. The highest BCUT2D eigenvalue weighted by Crippen LogP contribution is 2.18. The van der Waals surface area contributed by atoms with Gasteiger partial charge in [-0.1, -0.05) is 18.2 Å². The number of carbonyl (C=O) groups excluding carboxylic acids is 1. The Morgan fingerprint density at radius 2 is 1.85 bits per heavy atom. The van der Waals surface area contributed by atoms with Gasteiger partial charge in [-0.05, 0) is 57.3 Å². The molecule has 2 saturated heterocycles. The summed E-state index contributed by atoms with van der Waals surface area (Å²) < 4.78 is 0. The molecule has 0 aromatic heterocycles. The van der Waals surface area contributed by atoms with E-state index in [1.807, 2.05) is 0 Å². The highest BCUT2D eigenvalue weighted by molar-refractivity contribution is 5.75. The molecule has 0 bridgehead atoms. The van der Waals surface area contributed by atoms with Crippen molar-refractivity contribution in [3.8, 4) is 0 Å². The van der Waals surface area contributed by atoms with Gasteiger partial charge in [0.15, 0.2) is 0 Å². The first-order valence-corrected chi connectivity index (χ1v) is 10.2. The lowest BCUT2D eigenvalue weighted by atomic mass is 9.93. The highest BCUT2D eigenvalue weighted by atomic mass is 16.1. The van der Waals surface area contributed by atoms with Gasteiger partial charge in [-0.3, -0.25) is 9.69 Å². The first-order chi connectivity index (χ1) is 12.7. The summed E-state index contributed by atoms with van der Waals surface area (Å²) in [7, 11) is 0. The van der Waals surface area contributed by atoms with Crippen molar-refractivity contribution in [3.05, 3.63) is 30.3 Å². The Morgan fingerprint density at radius 3 is 2.54 bits per heavy atom. The van der Waals surface area contributed by atoms with E-state index in [1.54, 1.807) is 0 Å². The number of carbonyl (C=O) groups is 1. The monoisotopic (exact) mass is 358 g/mol. The molecule has 0 saturated carbocycles. The minimum absolute atomic E-state index is 0.221. The van der Waals surface area contributed by atoms with E-state index in [2.05, 4.69) is 57.7 Å². The summed E-state index contributed by atoms with van der Waals surface area (Å²) >= 11 is 0. The molecule has 2 N–H and O–H groups in total. The van der Waals surface area contributed by atoms with E-state index in [9.17, 15) is 4.79 Å². The molecule has 1 amide bonds. The zero-order valence-electron chi connectivity index (χ0n) is 16.1. The zero-order chi connectivity index (χ0) is 18.2. The van der Waals surface area contributed by atoms with Crippen molar-refractivity contribution in [1.82, 2.24) is 15.5 Å². The number of nitrogens with zero attached hydrogens (tertiary/aromatic N) is 2.